The number of morpholine rings is 1. The van der Waals surface area contributed by atoms with Crippen LogP contribution in [0.15, 0.2) is 54.6 Å². The summed E-state index contributed by atoms with van der Waals surface area (Å²) in [7, 11) is 0. The second kappa shape index (κ2) is 7.72. The summed E-state index contributed by atoms with van der Waals surface area (Å²) in [4.78, 5) is 24.1. The molecule has 1 aliphatic rings. The first kappa shape index (κ1) is 17.4. The number of nitrogens with zero attached hydrogens (tertiary/aromatic N) is 3. The highest BCUT2D eigenvalue weighted by molar-refractivity contribution is 5.96. The first-order valence-corrected chi connectivity index (χ1v) is 9.17. The van der Waals surface area contributed by atoms with Gasteiger partial charge in [-0.2, -0.15) is 0 Å². The Kier molecular flexibility index (Phi) is 4.98. The van der Waals surface area contributed by atoms with E-state index in [2.05, 4.69) is 20.2 Å². The van der Waals surface area contributed by atoms with Crippen molar-refractivity contribution in [2.75, 3.05) is 31.2 Å². The quantitative estimate of drug-likeness (QED) is 0.773. The molecule has 1 saturated heterocycles. The lowest BCUT2D eigenvalue weighted by Gasteiger charge is -2.29. The lowest BCUT2D eigenvalue weighted by molar-refractivity contribution is 0.0929. The van der Waals surface area contributed by atoms with Crippen molar-refractivity contribution < 1.29 is 9.53 Å². The Hall–Kier alpha value is -2.99. The number of benzene rings is 2. The van der Waals surface area contributed by atoms with Crippen molar-refractivity contribution >= 4 is 22.6 Å². The highest BCUT2D eigenvalue weighted by Gasteiger charge is 2.20. The second-order valence-corrected chi connectivity index (χ2v) is 6.59. The van der Waals surface area contributed by atoms with Crippen LogP contribution in [0.25, 0.3) is 10.9 Å². The Morgan fingerprint density at radius 1 is 1.04 bits per heavy atom. The maximum absolute atomic E-state index is 12.8. The average Bonchev–Trinajstić information content (AvgIpc) is 2.74. The molecule has 1 aromatic heterocycles. The van der Waals surface area contributed by atoms with Gasteiger partial charge in [-0.05, 0) is 24.6 Å². The van der Waals surface area contributed by atoms with E-state index in [1.54, 1.807) is 0 Å². The number of carbonyl (C=O) groups excluding carboxylic acids is 1. The molecule has 1 N–H and O–H groups in total. The third-order valence-electron chi connectivity index (χ3n) is 4.74. The minimum absolute atomic E-state index is 0.124. The fourth-order valence-corrected chi connectivity index (χ4v) is 3.26. The smallest absolute Gasteiger partial charge is 0.289 e. The summed E-state index contributed by atoms with van der Waals surface area (Å²) in [5.41, 5.74) is 1.81. The molecule has 1 fully saturated rings. The van der Waals surface area contributed by atoms with E-state index in [-0.39, 0.29) is 17.8 Å². The normalized spacial score (nSPS) is 15.5. The molecule has 0 aliphatic carbocycles. The number of nitrogens with one attached hydrogen (secondary N) is 1. The van der Waals surface area contributed by atoms with Gasteiger partial charge in [-0.1, -0.05) is 42.5 Å². The van der Waals surface area contributed by atoms with E-state index in [1.165, 1.54) is 0 Å². The Morgan fingerprint density at radius 3 is 2.52 bits per heavy atom. The molecule has 0 saturated carbocycles. The number of para-hydroxylation sites is 1. The van der Waals surface area contributed by atoms with Gasteiger partial charge >= 0.3 is 0 Å². The molecule has 138 valence electrons. The van der Waals surface area contributed by atoms with Crippen molar-refractivity contribution in [2.45, 2.75) is 13.0 Å². The first-order chi connectivity index (χ1) is 13.2. The van der Waals surface area contributed by atoms with E-state index in [1.807, 2.05) is 61.5 Å². The number of hydrogen-bond donors (Lipinski definition) is 1. The van der Waals surface area contributed by atoms with E-state index < -0.39 is 0 Å². The maximum Gasteiger partial charge on any atom is 0.289 e. The number of aromatic nitrogens is 2. The molecular formula is C21H22N4O2. The standard InChI is InChI=1S/C21H22N4O2/c1-15(16-7-3-2-4-8-16)22-21(26)19-23-18-10-6-5-9-17(18)20(24-19)25-11-13-27-14-12-25/h2-10,15H,11-14H2,1H3,(H,22,26)/t15-/m1/s1. The van der Waals surface area contributed by atoms with Crippen LogP contribution in [-0.4, -0.2) is 42.2 Å². The van der Waals surface area contributed by atoms with Crippen LogP contribution in [0.4, 0.5) is 5.82 Å². The van der Waals surface area contributed by atoms with Gasteiger partial charge in [0.25, 0.3) is 5.91 Å². The summed E-state index contributed by atoms with van der Waals surface area (Å²) in [6.45, 7) is 4.78. The van der Waals surface area contributed by atoms with Gasteiger partial charge in [-0.15, -0.1) is 0 Å². The monoisotopic (exact) mass is 362 g/mol. The predicted molar refractivity (Wildman–Crippen MR) is 105 cm³/mol. The lowest BCUT2D eigenvalue weighted by Crippen LogP contribution is -2.37. The molecule has 4 rings (SSSR count). The van der Waals surface area contributed by atoms with Gasteiger partial charge in [0.1, 0.15) is 5.82 Å². The summed E-state index contributed by atoms with van der Waals surface area (Å²) >= 11 is 0. The van der Waals surface area contributed by atoms with Crippen molar-refractivity contribution in [3.63, 3.8) is 0 Å². The van der Waals surface area contributed by atoms with Gasteiger partial charge in [0, 0.05) is 18.5 Å². The van der Waals surface area contributed by atoms with Crippen molar-refractivity contribution in [2.24, 2.45) is 0 Å². The third-order valence-corrected chi connectivity index (χ3v) is 4.74. The summed E-state index contributed by atoms with van der Waals surface area (Å²) in [6, 6.07) is 17.5. The second-order valence-electron chi connectivity index (χ2n) is 6.59. The molecule has 6 nitrogen and oxygen atoms in total. The molecule has 1 aliphatic heterocycles. The molecule has 2 aromatic carbocycles. The van der Waals surface area contributed by atoms with Gasteiger partial charge in [0.05, 0.1) is 24.8 Å². The fourth-order valence-electron chi connectivity index (χ4n) is 3.26. The number of rotatable bonds is 4. The predicted octanol–water partition coefficient (Wildman–Crippen LogP) is 2.96. The van der Waals surface area contributed by atoms with Crippen LogP contribution in [0.1, 0.15) is 29.1 Å². The summed E-state index contributed by atoms with van der Waals surface area (Å²) in [5, 5.41) is 3.95. The zero-order valence-electron chi connectivity index (χ0n) is 15.3. The van der Waals surface area contributed by atoms with Crippen LogP contribution in [-0.2, 0) is 4.74 Å². The van der Waals surface area contributed by atoms with E-state index in [0.29, 0.717) is 13.2 Å². The Morgan fingerprint density at radius 2 is 1.74 bits per heavy atom. The van der Waals surface area contributed by atoms with Crippen LogP contribution in [0, 0.1) is 0 Å². The molecular weight excluding hydrogens is 340 g/mol. The van der Waals surface area contributed by atoms with E-state index in [9.17, 15) is 4.79 Å². The van der Waals surface area contributed by atoms with Crippen LogP contribution in [0.3, 0.4) is 0 Å². The molecule has 0 spiro atoms. The zero-order chi connectivity index (χ0) is 18.6. The lowest BCUT2D eigenvalue weighted by atomic mass is 10.1. The number of amides is 1. The van der Waals surface area contributed by atoms with Gasteiger partial charge in [0.2, 0.25) is 5.82 Å². The number of ether oxygens (including phenoxy) is 1. The van der Waals surface area contributed by atoms with Gasteiger partial charge in [0.15, 0.2) is 0 Å². The zero-order valence-corrected chi connectivity index (χ0v) is 15.3. The van der Waals surface area contributed by atoms with Gasteiger partial charge in [-0.3, -0.25) is 4.79 Å². The van der Waals surface area contributed by atoms with E-state index >= 15 is 0 Å². The summed E-state index contributed by atoms with van der Waals surface area (Å²) in [5.74, 6) is 0.714. The molecule has 1 atom stereocenters. The largest absolute Gasteiger partial charge is 0.378 e. The topological polar surface area (TPSA) is 67.4 Å². The molecule has 1 amide bonds. The van der Waals surface area contributed by atoms with Crippen molar-refractivity contribution in [1.82, 2.24) is 15.3 Å². The number of carbonyl (C=O) groups is 1. The van der Waals surface area contributed by atoms with Gasteiger partial charge in [-0.25, -0.2) is 9.97 Å². The number of anilines is 1. The van der Waals surface area contributed by atoms with Crippen LogP contribution in [0.2, 0.25) is 0 Å². The Labute approximate surface area is 158 Å². The van der Waals surface area contributed by atoms with Crippen molar-refractivity contribution in [3.8, 4) is 0 Å². The van der Waals surface area contributed by atoms with Gasteiger partial charge < -0.3 is 15.0 Å². The Balaban J connectivity index is 1.66. The van der Waals surface area contributed by atoms with Crippen LogP contribution < -0.4 is 10.2 Å². The Bertz CT molecular complexity index is 939. The highest BCUT2D eigenvalue weighted by Crippen LogP contribution is 2.25. The maximum atomic E-state index is 12.8. The first-order valence-electron chi connectivity index (χ1n) is 9.17. The van der Waals surface area contributed by atoms with Crippen LogP contribution >= 0.6 is 0 Å². The van der Waals surface area contributed by atoms with Crippen LogP contribution in [0.5, 0.6) is 0 Å². The fraction of sp³-hybridized carbons (Fsp3) is 0.286. The number of hydrogen-bond acceptors (Lipinski definition) is 5. The van der Waals surface area contributed by atoms with Crippen molar-refractivity contribution in [3.05, 3.63) is 66.0 Å². The molecule has 2 heterocycles. The molecule has 0 unspecified atom stereocenters. The van der Waals surface area contributed by atoms with E-state index in [4.69, 9.17) is 4.74 Å². The molecule has 27 heavy (non-hydrogen) atoms. The SMILES string of the molecule is C[C@@H](NC(=O)c1nc(N2CCOCC2)c2ccccc2n1)c1ccccc1. The number of fused-ring (bicyclic) bond motifs is 1. The van der Waals surface area contributed by atoms with E-state index in [0.717, 1.165) is 35.4 Å². The molecule has 0 bridgehead atoms. The highest BCUT2D eigenvalue weighted by atomic mass is 16.5. The minimum atomic E-state index is -0.272. The summed E-state index contributed by atoms with van der Waals surface area (Å²) in [6.07, 6.45) is 0. The average molecular weight is 362 g/mol. The molecule has 0 radical (unpaired) electrons. The third kappa shape index (κ3) is 3.75. The van der Waals surface area contributed by atoms with Crippen molar-refractivity contribution in [1.29, 1.82) is 0 Å². The minimum Gasteiger partial charge on any atom is -0.378 e. The molecule has 3 aromatic rings. The summed E-state index contributed by atoms with van der Waals surface area (Å²) < 4.78 is 5.45. The molecule has 6 heteroatoms.